The molecule has 0 heterocycles. The van der Waals surface area contributed by atoms with E-state index in [4.69, 9.17) is 5.73 Å². The van der Waals surface area contributed by atoms with Crippen molar-refractivity contribution in [3.05, 3.63) is 71.0 Å². The lowest BCUT2D eigenvalue weighted by Gasteiger charge is -2.23. The summed E-state index contributed by atoms with van der Waals surface area (Å²) in [5.74, 6) is -1.07. The van der Waals surface area contributed by atoms with Crippen LogP contribution < -0.4 is 5.73 Å². The Bertz CT molecular complexity index is 628. The molecule has 2 nitrogen and oxygen atoms in total. The maximum atomic E-state index is 13.8. The van der Waals surface area contributed by atoms with Gasteiger partial charge in [0, 0.05) is 12.0 Å². The Labute approximate surface area is 125 Å². The fraction of sp³-hybridized carbons (Fsp3) is 0.250. The van der Waals surface area contributed by atoms with Gasteiger partial charge in [-0.1, -0.05) is 36.4 Å². The Balaban J connectivity index is 2.31. The standard InChI is InChI=1S/C16H15F4NO/c17-12-8-4-7-11(16(18,19)20)14(12)15(21)13(22)9-10-5-2-1-3-6-10/h1-8,13,15,22H,9,21H2/t13-,15-/m0/s1. The van der Waals surface area contributed by atoms with Crippen LogP contribution in [0.1, 0.15) is 22.7 Å². The van der Waals surface area contributed by atoms with Crippen molar-refractivity contribution in [1.29, 1.82) is 0 Å². The molecule has 118 valence electrons. The van der Waals surface area contributed by atoms with Crippen molar-refractivity contribution < 1.29 is 22.7 Å². The van der Waals surface area contributed by atoms with Crippen molar-refractivity contribution in [2.24, 2.45) is 5.73 Å². The monoisotopic (exact) mass is 313 g/mol. The molecule has 0 aliphatic rings. The van der Waals surface area contributed by atoms with Crippen LogP contribution in [0, 0.1) is 5.82 Å². The second kappa shape index (κ2) is 6.46. The first-order valence-electron chi connectivity index (χ1n) is 6.64. The number of hydrogen-bond donors (Lipinski definition) is 2. The van der Waals surface area contributed by atoms with Crippen molar-refractivity contribution in [3.8, 4) is 0 Å². The normalized spacial score (nSPS) is 14.6. The van der Waals surface area contributed by atoms with Crippen LogP contribution in [0.2, 0.25) is 0 Å². The predicted molar refractivity (Wildman–Crippen MR) is 74.5 cm³/mol. The molecule has 0 aliphatic carbocycles. The van der Waals surface area contributed by atoms with Gasteiger partial charge in [-0.05, 0) is 17.7 Å². The Kier molecular flexibility index (Phi) is 4.83. The van der Waals surface area contributed by atoms with Crippen molar-refractivity contribution in [3.63, 3.8) is 0 Å². The van der Waals surface area contributed by atoms with Crippen molar-refractivity contribution in [1.82, 2.24) is 0 Å². The molecule has 0 saturated carbocycles. The van der Waals surface area contributed by atoms with Crippen molar-refractivity contribution in [2.75, 3.05) is 0 Å². The number of aliphatic hydroxyl groups excluding tert-OH is 1. The number of halogens is 4. The third-order valence-corrected chi connectivity index (χ3v) is 3.39. The van der Waals surface area contributed by atoms with Gasteiger partial charge in [-0.2, -0.15) is 13.2 Å². The zero-order valence-corrected chi connectivity index (χ0v) is 11.5. The number of rotatable bonds is 4. The minimum Gasteiger partial charge on any atom is -0.391 e. The van der Waals surface area contributed by atoms with Gasteiger partial charge in [0.25, 0.3) is 0 Å². The third-order valence-electron chi connectivity index (χ3n) is 3.39. The molecule has 0 fully saturated rings. The first kappa shape index (κ1) is 16.5. The average molecular weight is 313 g/mol. The van der Waals surface area contributed by atoms with Gasteiger partial charge in [0.1, 0.15) is 5.82 Å². The summed E-state index contributed by atoms with van der Waals surface area (Å²) in [4.78, 5) is 0. The Morgan fingerprint density at radius 2 is 1.64 bits per heavy atom. The largest absolute Gasteiger partial charge is 0.416 e. The molecule has 3 N–H and O–H groups in total. The first-order chi connectivity index (χ1) is 10.3. The van der Waals surface area contributed by atoms with Crippen LogP contribution in [0.3, 0.4) is 0 Å². The smallest absolute Gasteiger partial charge is 0.391 e. The van der Waals surface area contributed by atoms with Gasteiger partial charge in [-0.15, -0.1) is 0 Å². The van der Waals surface area contributed by atoms with E-state index in [1.165, 1.54) is 0 Å². The van der Waals surface area contributed by atoms with E-state index in [1.54, 1.807) is 30.3 Å². The summed E-state index contributed by atoms with van der Waals surface area (Å²) in [5, 5.41) is 10.1. The van der Waals surface area contributed by atoms with Gasteiger partial charge in [0.15, 0.2) is 0 Å². The van der Waals surface area contributed by atoms with Crippen LogP contribution in [-0.4, -0.2) is 11.2 Å². The molecule has 6 heteroatoms. The summed E-state index contributed by atoms with van der Waals surface area (Å²) >= 11 is 0. The first-order valence-corrected chi connectivity index (χ1v) is 6.64. The quantitative estimate of drug-likeness (QED) is 0.849. The Morgan fingerprint density at radius 3 is 2.23 bits per heavy atom. The van der Waals surface area contributed by atoms with Gasteiger partial charge in [0.2, 0.25) is 0 Å². The molecule has 2 aromatic rings. The van der Waals surface area contributed by atoms with Crippen molar-refractivity contribution >= 4 is 0 Å². The van der Waals surface area contributed by atoms with E-state index >= 15 is 0 Å². The number of alkyl halides is 3. The van der Waals surface area contributed by atoms with Gasteiger partial charge in [-0.3, -0.25) is 0 Å². The molecule has 0 radical (unpaired) electrons. The summed E-state index contributed by atoms with van der Waals surface area (Å²) in [6.07, 6.45) is -6.03. The van der Waals surface area contributed by atoms with Crippen LogP contribution in [0.5, 0.6) is 0 Å². The summed E-state index contributed by atoms with van der Waals surface area (Å²) in [7, 11) is 0. The molecule has 2 atom stereocenters. The molecule has 2 rings (SSSR count). The summed E-state index contributed by atoms with van der Waals surface area (Å²) in [6.45, 7) is 0. The molecule has 22 heavy (non-hydrogen) atoms. The lowest BCUT2D eigenvalue weighted by molar-refractivity contribution is -0.138. The molecule has 0 spiro atoms. The highest BCUT2D eigenvalue weighted by atomic mass is 19.4. The molecule has 0 aromatic heterocycles. The van der Waals surface area contributed by atoms with E-state index in [0.717, 1.165) is 18.2 Å². The van der Waals surface area contributed by atoms with E-state index < -0.39 is 35.3 Å². The van der Waals surface area contributed by atoms with E-state index in [9.17, 15) is 22.7 Å². The molecule has 0 amide bonds. The molecular weight excluding hydrogens is 298 g/mol. The summed E-state index contributed by atoms with van der Waals surface area (Å²) < 4.78 is 52.8. The van der Waals surface area contributed by atoms with Crippen LogP contribution in [0.25, 0.3) is 0 Å². The molecule has 2 aromatic carbocycles. The molecule has 0 aliphatic heterocycles. The highest BCUT2D eigenvalue weighted by Gasteiger charge is 2.37. The van der Waals surface area contributed by atoms with Crippen molar-refractivity contribution in [2.45, 2.75) is 24.7 Å². The molecule has 0 bridgehead atoms. The highest BCUT2D eigenvalue weighted by molar-refractivity contribution is 5.34. The minimum atomic E-state index is -4.73. The summed E-state index contributed by atoms with van der Waals surface area (Å²) in [6, 6.07) is 9.82. The number of aliphatic hydroxyl groups is 1. The maximum absolute atomic E-state index is 13.8. The maximum Gasteiger partial charge on any atom is 0.416 e. The van der Waals surface area contributed by atoms with E-state index in [-0.39, 0.29) is 6.42 Å². The van der Waals surface area contributed by atoms with Gasteiger partial charge in [0.05, 0.1) is 17.7 Å². The number of nitrogens with two attached hydrogens (primary N) is 1. The van der Waals surface area contributed by atoms with Gasteiger partial charge >= 0.3 is 6.18 Å². The van der Waals surface area contributed by atoms with E-state index in [2.05, 4.69) is 0 Å². The molecule has 0 unspecified atom stereocenters. The lowest BCUT2D eigenvalue weighted by atomic mass is 9.92. The van der Waals surface area contributed by atoms with Gasteiger partial charge < -0.3 is 10.8 Å². The van der Waals surface area contributed by atoms with Crippen LogP contribution in [0.4, 0.5) is 17.6 Å². The van der Waals surface area contributed by atoms with E-state index in [1.807, 2.05) is 0 Å². The third kappa shape index (κ3) is 3.64. The van der Waals surface area contributed by atoms with Gasteiger partial charge in [-0.25, -0.2) is 4.39 Å². The fourth-order valence-corrected chi connectivity index (χ4v) is 2.30. The second-order valence-corrected chi connectivity index (χ2v) is 4.98. The Morgan fingerprint density at radius 1 is 1.00 bits per heavy atom. The van der Waals surface area contributed by atoms with Crippen LogP contribution >= 0.6 is 0 Å². The second-order valence-electron chi connectivity index (χ2n) is 4.98. The Hall–Kier alpha value is -1.92. The molecular formula is C16H15F4NO. The predicted octanol–water partition coefficient (Wildman–Crippen LogP) is 3.45. The fourth-order valence-electron chi connectivity index (χ4n) is 2.30. The molecule has 0 saturated heterocycles. The minimum absolute atomic E-state index is 0.0354. The lowest BCUT2D eigenvalue weighted by Crippen LogP contribution is -2.31. The van der Waals surface area contributed by atoms with E-state index in [0.29, 0.717) is 5.56 Å². The zero-order valence-electron chi connectivity index (χ0n) is 11.5. The summed E-state index contributed by atoms with van der Waals surface area (Å²) in [5.41, 5.74) is 4.53. The topological polar surface area (TPSA) is 46.2 Å². The van der Waals surface area contributed by atoms with Crippen LogP contribution in [-0.2, 0) is 12.6 Å². The number of benzene rings is 2. The van der Waals surface area contributed by atoms with Crippen LogP contribution in [0.15, 0.2) is 48.5 Å². The number of hydrogen-bond acceptors (Lipinski definition) is 2. The highest BCUT2D eigenvalue weighted by Crippen LogP contribution is 2.36. The zero-order chi connectivity index (χ0) is 16.3. The average Bonchev–Trinajstić information content (AvgIpc) is 2.46. The SMILES string of the molecule is N[C@H](c1c(F)cccc1C(F)(F)F)[C@@H](O)Cc1ccccc1.